The summed E-state index contributed by atoms with van der Waals surface area (Å²) in [6.07, 6.45) is -5.25. The van der Waals surface area contributed by atoms with Crippen molar-refractivity contribution in [3.63, 3.8) is 0 Å². The third-order valence-corrected chi connectivity index (χ3v) is 5.80. The first-order valence-corrected chi connectivity index (χ1v) is 10.0. The highest BCUT2D eigenvalue weighted by atomic mass is 32.2. The second kappa shape index (κ2) is 7.49. The molecule has 0 saturated carbocycles. The van der Waals surface area contributed by atoms with Crippen LogP contribution in [0.3, 0.4) is 0 Å². The molecule has 148 valence electrons. The first kappa shape index (κ1) is 20.2. The molecular weight excluding hydrogens is 419 g/mol. The predicted octanol–water partition coefficient (Wildman–Crippen LogP) is 3.94. The third kappa shape index (κ3) is 4.86. The van der Waals surface area contributed by atoms with Gasteiger partial charge in [0.25, 0.3) is 10.1 Å². The van der Waals surface area contributed by atoms with Crippen LogP contribution in [0, 0.1) is 0 Å². The fourth-order valence-corrected chi connectivity index (χ4v) is 4.54. The maximum Gasteiger partial charge on any atom is 0.573 e. The number of hydrogen-bond donors (Lipinski definition) is 1. The monoisotopic (exact) mass is 431 g/mol. The van der Waals surface area contributed by atoms with E-state index in [9.17, 15) is 30.9 Å². The minimum atomic E-state index is -4.84. The molecule has 0 fully saturated rings. The van der Waals surface area contributed by atoms with E-state index < -0.39 is 39.7 Å². The van der Waals surface area contributed by atoms with Crippen molar-refractivity contribution < 1.29 is 35.7 Å². The summed E-state index contributed by atoms with van der Waals surface area (Å²) in [7, 11) is -4.71. The zero-order valence-electron chi connectivity index (χ0n) is 13.9. The Morgan fingerprint density at radius 3 is 2.46 bits per heavy atom. The number of ketones is 1. The van der Waals surface area contributed by atoms with Gasteiger partial charge in [0.2, 0.25) is 0 Å². The van der Waals surface area contributed by atoms with Crippen LogP contribution in [0.4, 0.5) is 13.2 Å². The molecule has 0 aliphatic heterocycles. The molecule has 2 aromatic carbocycles. The zero-order chi connectivity index (χ0) is 20.5. The van der Waals surface area contributed by atoms with E-state index in [1.54, 1.807) is 6.07 Å². The van der Waals surface area contributed by atoms with E-state index >= 15 is 0 Å². The first-order valence-electron chi connectivity index (χ1n) is 7.72. The molecule has 1 atom stereocenters. The van der Waals surface area contributed by atoms with Crippen molar-refractivity contribution in [1.29, 1.82) is 0 Å². The van der Waals surface area contributed by atoms with Crippen molar-refractivity contribution in [3.05, 3.63) is 59.1 Å². The van der Waals surface area contributed by atoms with Crippen molar-refractivity contribution in [2.24, 2.45) is 0 Å². The van der Waals surface area contributed by atoms with Crippen LogP contribution in [-0.4, -0.2) is 30.1 Å². The normalized spacial score (nSPS) is 13.4. The lowest BCUT2D eigenvalue weighted by Crippen LogP contribution is -2.23. The minimum Gasteiger partial charge on any atom is -0.406 e. The van der Waals surface area contributed by atoms with Crippen molar-refractivity contribution in [2.45, 2.75) is 18.0 Å². The number of Topliss-reactive ketones (excluding diaryl/α,β-unsaturated/α-hetero) is 1. The number of carbonyl (C=O) groups excluding carboxylic acids is 1. The second-order valence-electron chi connectivity index (χ2n) is 5.73. The summed E-state index contributed by atoms with van der Waals surface area (Å²) >= 11 is 0.933. The van der Waals surface area contributed by atoms with Crippen LogP contribution < -0.4 is 4.74 Å². The highest BCUT2D eigenvalue weighted by molar-refractivity contribution is 7.86. The standard InChI is InChI=1S/C17H12F3NO5S2/c18-17(19,20)26-11-6-7-12-14(8-11)27-15(21-12)9-13(22)16(28(23,24)25)10-4-2-1-3-5-10/h1-8,16H,9H2,(H,23,24,25). The Balaban J connectivity index is 1.87. The summed E-state index contributed by atoms with van der Waals surface area (Å²) in [4.78, 5) is 16.7. The van der Waals surface area contributed by atoms with Gasteiger partial charge in [-0.25, -0.2) is 4.98 Å². The van der Waals surface area contributed by atoms with Crippen LogP contribution in [0.5, 0.6) is 5.75 Å². The molecule has 3 aromatic rings. The molecule has 0 radical (unpaired) electrons. The topological polar surface area (TPSA) is 93.6 Å². The Morgan fingerprint density at radius 1 is 1.18 bits per heavy atom. The lowest BCUT2D eigenvalue weighted by molar-refractivity contribution is -0.274. The Bertz CT molecular complexity index is 1110. The first-order chi connectivity index (χ1) is 13.0. The number of halogens is 3. The molecule has 0 aliphatic carbocycles. The highest BCUT2D eigenvalue weighted by Gasteiger charge is 2.33. The fourth-order valence-electron chi connectivity index (χ4n) is 2.62. The number of rotatable bonds is 6. The Morgan fingerprint density at radius 2 is 1.86 bits per heavy atom. The van der Waals surface area contributed by atoms with E-state index in [1.165, 1.54) is 30.3 Å². The molecule has 1 heterocycles. The molecule has 0 amide bonds. The average molecular weight is 431 g/mol. The molecule has 3 rings (SSSR count). The number of benzene rings is 2. The van der Waals surface area contributed by atoms with Gasteiger partial charge in [-0.1, -0.05) is 30.3 Å². The molecule has 0 spiro atoms. The molecule has 6 nitrogen and oxygen atoms in total. The number of fused-ring (bicyclic) bond motifs is 1. The van der Waals surface area contributed by atoms with Gasteiger partial charge in [-0.3, -0.25) is 9.35 Å². The quantitative estimate of drug-likeness (QED) is 0.595. The molecule has 11 heteroatoms. The van der Waals surface area contributed by atoms with Gasteiger partial charge < -0.3 is 4.74 Å². The highest BCUT2D eigenvalue weighted by Crippen LogP contribution is 2.31. The smallest absolute Gasteiger partial charge is 0.406 e. The van der Waals surface area contributed by atoms with Crippen molar-refractivity contribution in [2.75, 3.05) is 0 Å². The summed E-state index contributed by atoms with van der Waals surface area (Å²) in [6, 6.07) is 11.0. The molecule has 28 heavy (non-hydrogen) atoms. The van der Waals surface area contributed by atoms with Crippen molar-refractivity contribution in [3.8, 4) is 5.75 Å². The summed E-state index contributed by atoms with van der Waals surface area (Å²) < 4.78 is 74.0. The predicted molar refractivity (Wildman–Crippen MR) is 95.7 cm³/mol. The molecule has 0 bridgehead atoms. The lowest BCUT2D eigenvalue weighted by Gasteiger charge is -2.12. The van der Waals surface area contributed by atoms with Crippen LogP contribution in [0.25, 0.3) is 10.2 Å². The number of thiazole rings is 1. The number of alkyl halides is 3. The van der Waals surface area contributed by atoms with Gasteiger partial charge >= 0.3 is 6.36 Å². The van der Waals surface area contributed by atoms with E-state index in [0.717, 1.165) is 23.5 Å². The van der Waals surface area contributed by atoms with Crippen LogP contribution in [0.2, 0.25) is 0 Å². The number of carbonyl (C=O) groups is 1. The van der Waals surface area contributed by atoms with E-state index in [-0.39, 0.29) is 10.6 Å². The summed E-state index contributed by atoms with van der Waals surface area (Å²) in [5, 5.41) is -1.57. The van der Waals surface area contributed by atoms with Gasteiger partial charge in [-0.15, -0.1) is 24.5 Å². The van der Waals surface area contributed by atoms with Crippen molar-refractivity contribution >= 4 is 37.5 Å². The minimum absolute atomic E-state index is 0.108. The molecule has 0 aliphatic rings. The van der Waals surface area contributed by atoms with E-state index in [1.807, 2.05) is 0 Å². The Kier molecular flexibility index (Phi) is 5.41. The third-order valence-electron chi connectivity index (χ3n) is 3.66. The fraction of sp³-hybridized carbons (Fsp3) is 0.176. The average Bonchev–Trinajstić information content (AvgIpc) is 2.94. The zero-order valence-corrected chi connectivity index (χ0v) is 15.5. The SMILES string of the molecule is O=C(Cc1nc2ccc(OC(F)(F)F)cc2s1)C(c1ccccc1)S(=O)(=O)O. The molecule has 1 N–H and O–H groups in total. The van der Waals surface area contributed by atoms with Gasteiger partial charge in [0.05, 0.1) is 16.6 Å². The number of hydrogen-bond acceptors (Lipinski definition) is 6. The van der Waals surface area contributed by atoms with E-state index in [2.05, 4.69) is 9.72 Å². The molecule has 0 saturated heterocycles. The number of ether oxygens (including phenoxy) is 1. The van der Waals surface area contributed by atoms with E-state index in [4.69, 9.17) is 0 Å². The Labute approximate surface area is 161 Å². The van der Waals surface area contributed by atoms with Gasteiger partial charge in [0.15, 0.2) is 11.0 Å². The lowest BCUT2D eigenvalue weighted by atomic mass is 10.1. The maximum atomic E-state index is 12.5. The molecule has 1 unspecified atom stereocenters. The van der Waals surface area contributed by atoms with Crippen LogP contribution in [0.15, 0.2) is 48.5 Å². The van der Waals surface area contributed by atoms with Gasteiger partial charge in [0, 0.05) is 0 Å². The number of nitrogens with zero attached hydrogens (tertiary/aromatic N) is 1. The van der Waals surface area contributed by atoms with Crippen LogP contribution >= 0.6 is 11.3 Å². The molecule has 1 aromatic heterocycles. The molecular formula is C17H12F3NO5S2. The van der Waals surface area contributed by atoms with Gasteiger partial charge in [-0.2, -0.15) is 8.42 Å². The van der Waals surface area contributed by atoms with Crippen LogP contribution in [-0.2, 0) is 21.3 Å². The van der Waals surface area contributed by atoms with E-state index in [0.29, 0.717) is 10.2 Å². The maximum absolute atomic E-state index is 12.5. The second-order valence-corrected chi connectivity index (χ2v) is 8.35. The van der Waals surface area contributed by atoms with Gasteiger partial charge in [0.1, 0.15) is 10.8 Å². The Hall–Kier alpha value is -2.50. The number of aromatic nitrogens is 1. The van der Waals surface area contributed by atoms with Gasteiger partial charge in [-0.05, 0) is 23.8 Å². The summed E-state index contributed by atoms with van der Waals surface area (Å²) in [6.45, 7) is 0. The largest absolute Gasteiger partial charge is 0.573 e. The van der Waals surface area contributed by atoms with Crippen LogP contribution in [0.1, 0.15) is 15.8 Å². The summed E-state index contributed by atoms with van der Waals surface area (Å²) in [5.41, 5.74) is 0.447. The van der Waals surface area contributed by atoms with Crippen molar-refractivity contribution in [1.82, 2.24) is 4.98 Å². The summed E-state index contributed by atoms with van der Waals surface area (Å²) in [5.74, 6) is -1.24.